The third-order valence-corrected chi connectivity index (χ3v) is 3.33. The van der Waals surface area contributed by atoms with Crippen LogP contribution in [0.25, 0.3) is 0 Å². The van der Waals surface area contributed by atoms with Crippen LogP contribution in [0.15, 0.2) is 12.4 Å². The number of amides is 1. The van der Waals surface area contributed by atoms with Gasteiger partial charge in [-0.3, -0.25) is 4.79 Å². The van der Waals surface area contributed by atoms with E-state index in [9.17, 15) is 4.79 Å². The number of rotatable bonds is 6. The van der Waals surface area contributed by atoms with Crippen molar-refractivity contribution in [1.29, 1.82) is 0 Å². The smallest absolute Gasteiger partial charge is 0.316 e. The SMILES string of the molecule is CCCOCC1CCN(C(=O)c2cnc(OC)nc2)C1. The fourth-order valence-electron chi connectivity index (χ4n) is 2.26. The number of methoxy groups -OCH3 is 1. The molecule has 110 valence electrons. The van der Waals surface area contributed by atoms with E-state index < -0.39 is 0 Å². The van der Waals surface area contributed by atoms with Gasteiger partial charge in [0.2, 0.25) is 0 Å². The van der Waals surface area contributed by atoms with Crippen LogP contribution in [0.5, 0.6) is 6.01 Å². The average molecular weight is 279 g/mol. The highest BCUT2D eigenvalue weighted by atomic mass is 16.5. The molecule has 0 bridgehead atoms. The van der Waals surface area contributed by atoms with Gasteiger partial charge in [0.1, 0.15) is 0 Å². The summed E-state index contributed by atoms with van der Waals surface area (Å²) in [6.07, 6.45) is 5.04. The molecule has 1 atom stereocenters. The van der Waals surface area contributed by atoms with Crippen molar-refractivity contribution < 1.29 is 14.3 Å². The second kappa shape index (κ2) is 7.19. The standard InChI is InChI=1S/C14H21N3O3/c1-3-6-20-10-11-4-5-17(9-11)13(18)12-7-15-14(19-2)16-8-12/h7-8,11H,3-6,9-10H2,1-2H3. The van der Waals surface area contributed by atoms with Crippen LogP contribution in [0.4, 0.5) is 0 Å². The normalized spacial score (nSPS) is 18.3. The Kier molecular flexibility index (Phi) is 5.29. The topological polar surface area (TPSA) is 64.5 Å². The molecule has 0 aromatic carbocycles. The van der Waals surface area contributed by atoms with Gasteiger partial charge in [-0.15, -0.1) is 0 Å². The van der Waals surface area contributed by atoms with Crippen LogP contribution in [-0.2, 0) is 4.74 Å². The Morgan fingerprint density at radius 2 is 2.20 bits per heavy atom. The molecule has 0 spiro atoms. The third-order valence-electron chi connectivity index (χ3n) is 3.33. The summed E-state index contributed by atoms with van der Waals surface area (Å²) in [5, 5.41) is 0. The van der Waals surface area contributed by atoms with Crippen molar-refractivity contribution >= 4 is 5.91 Å². The number of ether oxygens (including phenoxy) is 2. The zero-order chi connectivity index (χ0) is 14.4. The summed E-state index contributed by atoms with van der Waals surface area (Å²) in [7, 11) is 1.50. The predicted octanol–water partition coefficient (Wildman–Crippen LogP) is 1.37. The quantitative estimate of drug-likeness (QED) is 0.736. The lowest BCUT2D eigenvalue weighted by Gasteiger charge is -2.16. The van der Waals surface area contributed by atoms with Gasteiger partial charge >= 0.3 is 6.01 Å². The van der Waals surface area contributed by atoms with Crippen LogP contribution < -0.4 is 4.74 Å². The van der Waals surface area contributed by atoms with E-state index in [2.05, 4.69) is 16.9 Å². The van der Waals surface area contributed by atoms with Gasteiger partial charge in [0.25, 0.3) is 5.91 Å². The van der Waals surface area contributed by atoms with Crippen LogP contribution in [0.1, 0.15) is 30.1 Å². The first-order valence-corrected chi connectivity index (χ1v) is 6.97. The summed E-state index contributed by atoms with van der Waals surface area (Å²) in [5.41, 5.74) is 0.501. The molecule has 2 heterocycles. The molecule has 1 saturated heterocycles. The lowest BCUT2D eigenvalue weighted by atomic mass is 10.1. The fraction of sp³-hybridized carbons (Fsp3) is 0.643. The van der Waals surface area contributed by atoms with E-state index in [4.69, 9.17) is 9.47 Å². The Bertz CT molecular complexity index is 436. The van der Waals surface area contributed by atoms with Crippen LogP contribution in [0.2, 0.25) is 0 Å². The molecule has 0 aliphatic carbocycles. The van der Waals surface area contributed by atoms with Gasteiger partial charge in [-0.25, -0.2) is 9.97 Å². The van der Waals surface area contributed by atoms with E-state index in [0.717, 1.165) is 39.1 Å². The molecule has 1 aliphatic rings. The molecule has 0 N–H and O–H groups in total. The Labute approximate surface area is 119 Å². The lowest BCUT2D eigenvalue weighted by molar-refractivity contribution is 0.0753. The first kappa shape index (κ1) is 14.7. The molecule has 1 unspecified atom stereocenters. The number of carbonyl (C=O) groups is 1. The van der Waals surface area contributed by atoms with Crippen molar-refractivity contribution in [2.75, 3.05) is 33.4 Å². The summed E-state index contributed by atoms with van der Waals surface area (Å²) >= 11 is 0. The minimum absolute atomic E-state index is 0.0226. The van der Waals surface area contributed by atoms with Crippen molar-refractivity contribution in [2.45, 2.75) is 19.8 Å². The summed E-state index contributed by atoms with van der Waals surface area (Å²) < 4.78 is 10.4. The number of likely N-dealkylation sites (tertiary alicyclic amines) is 1. The molecule has 6 nitrogen and oxygen atoms in total. The van der Waals surface area contributed by atoms with Crippen molar-refractivity contribution in [1.82, 2.24) is 14.9 Å². The van der Waals surface area contributed by atoms with Gasteiger partial charge in [0, 0.05) is 38.0 Å². The van der Waals surface area contributed by atoms with Gasteiger partial charge in [0.15, 0.2) is 0 Å². The maximum absolute atomic E-state index is 12.3. The summed E-state index contributed by atoms with van der Waals surface area (Å²) in [5.74, 6) is 0.412. The van der Waals surface area contributed by atoms with Gasteiger partial charge in [0.05, 0.1) is 19.3 Å². The molecule has 6 heteroatoms. The number of hydrogen-bond donors (Lipinski definition) is 0. The van der Waals surface area contributed by atoms with E-state index >= 15 is 0 Å². The Balaban J connectivity index is 1.87. The van der Waals surface area contributed by atoms with Crippen LogP contribution in [0.3, 0.4) is 0 Å². The van der Waals surface area contributed by atoms with Crippen LogP contribution >= 0.6 is 0 Å². The largest absolute Gasteiger partial charge is 0.467 e. The van der Waals surface area contributed by atoms with Crippen LogP contribution in [0, 0.1) is 5.92 Å². The molecule has 0 saturated carbocycles. The second-order valence-electron chi connectivity index (χ2n) is 4.94. The van der Waals surface area contributed by atoms with E-state index in [1.54, 1.807) is 0 Å². The lowest BCUT2D eigenvalue weighted by Crippen LogP contribution is -2.29. The van der Waals surface area contributed by atoms with Gasteiger partial charge in [-0.05, 0) is 12.8 Å². The predicted molar refractivity (Wildman–Crippen MR) is 73.7 cm³/mol. The number of carbonyl (C=O) groups excluding carboxylic acids is 1. The molecule has 20 heavy (non-hydrogen) atoms. The summed E-state index contributed by atoms with van der Waals surface area (Å²) in [4.78, 5) is 22.1. The van der Waals surface area contributed by atoms with E-state index in [1.807, 2.05) is 4.90 Å². The zero-order valence-corrected chi connectivity index (χ0v) is 12.0. The minimum Gasteiger partial charge on any atom is -0.467 e. The fourth-order valence-corrected chi connectivity index (χ4v) is 2.26. The van der Waals surface area contributed by atoms with Crippen molar-refractivity contribution in [3.63, 3.8) is 0 Å². The van der Waals surface area contributed by atoms with Gasteiger partial charge in [-0.2, -0.15) is 0 Å². The average Bonchev–Trinajstić information content (AvgIpc) is 2.96. The highest BCUT2D eigenvalue weighted by Crippen LogP contribution is 2.19. The number of hydrogen-bond acceptors (Lipinski definition) is 5. The highest BCUT2D eigenvalue weighted by Gasteiger charge is 2.27. The number of aromatic nitrogens is 2. The summed E-state index contributed by atoms with van der Waals surface area (Å²) in [6, 6.07) is 0.272. The number of nitrogens with zero attached hydrogens (tertiary/aromatic N) is 3. The molecule has 1 amide bonds. The Hall–Kier alpha value is -1.69. The molecule has 1 aromatic rings. The molecular weight excluding hydrogens is 258 g/mol. The third kappa shape index (κ3) is 3.66. The molecule has 1 aliphatic heterocycles. The first-order valence-electron chi connectivity index (χ1n) is 6.97. The van der Waals surface area contributed by atoms with E-state index in [-0.39, 0.29) is 11.9 Å². The Morgan fingerprint density at radius 1 is 1.45 bits per heavy atom. The van der Waals surface area contributed by atoms with Crippen LogP contribution in [-0.4, -0.2) is 54.2 Å². The first-order chi connectivity index (χ1) is 9.74. The maximum Gasteiger partial charge on any atom is 0.316 e. The van der Waals surface area contributed by atoms with Crippen molar-refractivity contribution in [2.24, 2.45) is 5.92 Å². The molecule has 1 aromatic heterocycles. The molecule has 0 radical (unpaired) electrons. The highest BCUT2D eigenvalue weighted by molar-refractivity contribution is 5.93. The van der Waals surface area contributed by atoms with Gasteiger partial charge < -0.3 is 14.4 Å². The minimum atomic E-state index is -0.0226. The van der Waals surface area contributed by atoms with E-state index in [1.165, 1.54) is 19.5 Å². The maximum atomic E-state index is 12.3. The van der Waals surface area contributed by atoms with E-state index in [0.29, 0.717) is 11.5 Å². The second-order valence-corrected chi connectivity index (χ2v) is 4.94. The molecule has 2 rings (SSSR count). The Morgan fingerprint density at radius 3 is 2.85 bits per heavy atom. The molecular formula is C14H21N3O3. The van der Waals surface area contributed by atoms with Crippen molar-refractivity contribution in [3.8, 4) is 6.01 Å². The van der Waals surface area contributed by atoms with Gasteiger partial charge in [-0.1, -0.05) is 6.92 Å². The van der Waals surface area contributed by atoms with Crippen molar-refractivity contribution in [3.05, 3.63) is 18.0 Å². The molecule has 1 fully saturated rings. The summed E-state index contributed by atoms with van der Waals surface area (Å²) in [6.45, 7) is 5.13. The zero-order valence-electron chi connectivity index (χ0n) is 12.0. The monoisotopic (exact) mass is 279 g/mol.